The fourth-order valence-electron chi connectivity index (χ4n) is 6.25. The number of carbonyl (C=O) groups excluding carboxylic acids is 6. The van der Waals surface area contributed by atoms with E-state index in [-0.39, 0.29) is 5.56 Å². The lowest BCUT2D eigenvalue weighted by molar-refractivity contribution is -0.204. The van der Waals surface area contributed by atoms with E-state index < -0.39 is 88.1 Å². The van der Waals surface area contributed by atoms with Gasteiger partial charge in [-0.25, -0.2) is 4.79 Å². The number of aromatic hydroxyl groups is 1. The third kappa shape index (κ3) is 3.19. The predicted molar refractivity (Wildman–Crippen MR) is 122 cm³/mol. The topological polar surface area (TPSA) is 181 Å². The van der Waals surface area contributed by atoms with Gasteiger partial charge in [-0.15, -0.1) is 0 Å². The number of nitrogens with zero attached hydrogens (tertiary/aromatic N) is 1. The number of primary amides is 1. The summed E-state index contributed by atoms with van der Waals surface area (Å²) in [5.74, 6) is -14.5. The summed E-state index contributed by atoms with van der Waals surface area (Å²) in [6.45, 7) is 5.01. The maximum atomic E-state index is 13.9. The minimum Gasteiger partial charge on any atom is -0.507 e. The number of Topliss-reactive ketones (excluding diaryl/α,β-unsaturated/α-hetero) is 4. The maximum absolute atomic E-state index is 13.9. The lowest BCUT2D eigenvalue weighted by atomic mass is 9.49. The number of nitrogens with two attached hydrogens (primary N) is 1. The highest BCUT2D eigenvalue weighted by Gasteiger charge is 2.74. The molecule has 0 spiro atoms. The Labute approximate surface area is 205 Å². The van der Waals surface area contributed by atoms with Crippen LogP contribution in [0.2, 0.25) is 0 Å². The van der Waals surface area contributed by atoms with E-state index in [1.807, 2.05) is 0 Å². The molecule has 2 fully saturated rings. The number of aliphatic hydroxyl groups is 1. The summed E-state index contributed by atoms with van der Waals surface area (Å²) >= 11 is 0. The van der Waals surface area contributed by atoms with Gasteiger partial charge in [0.2, 0.25) is 5.91 Å². The number of rotatable bonds is 4. The van der Waals surface area contributed by atoms with Crippen LogP contribution in [0.1, 0.15) is 28.8 Å². The largest absolute Gasteiger partial charge is 0.507 e. The predicted octanol–water partition coefficient (Wildman–Crippen LogP) is -0.864. The number of esters is 1. The summed E-state index contributed by atoms with van der Waals surface area (Å²) in [6, 6.07) is 2.91. The Morgan fingerprint density at radius 2 is 1.81 bits per heavy atom. The molecule has 11 heteroatoms. The molecule has 8 atom stereocenters. The van der Waals surface area contributed by atoms with Gasteiger partial charge < -0.3 is 20.7 Å². The van der Waals surface area contributed by atoms with Gasteiger partial charge in [0.25, 0.3) is 0 Å². The molecular formula is C25H26N2O9. The van der Waals surface area contributed by atoms with E-state index in [1.54, 1.807) is 13.0 Å². The van der Waals surface area contributed by atoms with Crippen LogP contribution in [0, 0.1) is 23.7 Å². The number of fused-ring (bicyclic) bond motifs is 3. The SMILES string of the molecule is C=CC(=O)O[C@H]1[C@H]2C(C(=O)c3c(O)cccc3[C@@H]2C)C(=O)[C@]2(O)C(=O)C(C(N)=O)C(=O)C(N(C)C)[C@H]12. The van der Waals surface area contributed by atoms with Crippen LogP contribution >= 0.6 is 0 Å². The first kappa shape index (κ1) is 25.4. The molecule has 0 aromatic heterocycles. The number of likely N-dealkylation sites (N-methyl/N-ethyl adjacent to an activating group) is 1. The molecule has 2 saturated carbocycles. The second kappa shape index (κ2) is 8.45. The van der Waals surface area contributed by atoms with E-state index in [0.29, 0.717) is 5.56 Å². The van der Waals surface area contributed by atoms with Crippen molar-refractivity contribution in [3.63, 3.8) is 0 Å². The first-order valence-electron chi connectivity index (χ1n) is 11.3. The second-order valence-electron chi connectivity index (χ2n) is 9.72. The average Bonchev–Trinajstić information content (AvgIpc) is 2.80. The fourth-order valence-corrected chi connectivity index (χ4v) is 6.25. The fraction of sp³-hybridized carbons (Fsp3) is 0.440. The average molecular weight is 498 g/mol. The van der Waals surface area contributed by atoms with Crippen LogP contribution in [0.4, 0.5) is 0 Å². The van der Waals surface area contributed by atoms with Crippen LogP contribution in [-0.2, 0) is 28.7 Å². The van der Waals surface area contributed by atoms with Crippen molar-refractivity contribution in [1.29, 1.82) is 0 Å². The van der Waals surface area contributed by atoms with Crippen molar-refractivity contribution in [3.05, 3.63) is 42.0 Å². The highest BCUT2D eigenvalue weighted by atomic mass is 16.5. The van der Waals surface area contributed by atoms with Crippen molar-refractivity contribution in [2.45, 2.75) is 30.6 Å². The van der Waals surface area contributed by atoms with E-state index >= 15 is 0 Å². The summed E-state index contributed by atoms with van der Waals surface area (Å²) in [4.78, 5) is 80.2. The smallest absolute Gasteiger partial charge is 0.330 e. The summed E-state index contributed by atoms with van der Waals surface area (Å²) < 4.78 is 5.60. The van der Waals surface area contributed by atoms with Gasteiger partial charge in [-0.1, -0.05) is 25.6 Å². The molecule has 190 valence electrons. The highest BCUT2D eigenvalue weighted by molar-refractivity contribution is 6.32. The minimum absolute atomic E-state index is 0.148. The minimum atomic E-state index is -3.05. The zero-order valence-corrected chi connectivity index (χ0v) is 19.8. The molecule has 0 heterocycles. The summed E-state index contributed by atoms with van der Waals surface area (Å²) in [6.07, 6.45) is -0.657. The Bertz CT molecular complexity index is 1240. The van der Waals surface area contributed by atoms with Gasteiger partial charge in [-0.2, -0.15) is 0 Å². The first-order valence-corrected chi connectivity index (χ1v) is 11.3. The van der Waals surface area contributed by atoms with Crippen molar-refractivity contribution >= 4 is 35.0 Å². The quantitative estimate of drug-likeness (QED) is 0.268. The van der Waals surface area contributed by atoms with E-state index in [0.717, 1.165) is 6.08 Å². The molecule has 1 aromatic carbocycles. The van der Waals surface area contributed by atoms with E-state index in [9.17, 15) is 39.0 Å². The molecule has 11 nitrogen and oxygen atoms in total. The summed E-state index contributed by atoms with van der Waals surface area (Å²) in [5, 5.41) is 22.2. The monoisotopic (exact) mass is 498 g/mol. The highest BCUT2D eigenvalue weighted by Crippen LogP contribution is 2.55. The van der Waals surface area contributed by atoms with Crippen LogP contribution < -0.4 is 5.73 Å². The van der Waals surface area contributed by atoms with Crippen LogP contribution in [0.15, 0.2) is 30.9 Å². The lowest BCUT2D eigenvalue weighted by Crippen LogP contribution is -2.78. The van der Waals surface area contributed by atoms with Crippen molar-refractivity contribution in [3.8, 4) is 5.75 Å². The van der Waals surface area contributed by atoms with Gasteiger partial charge >= 0.3 is 5.97 Å². The molecule has 1 aromatic rings. The first-order chi connectivity index (χ1) is 16.8. The zero-order chi connectivity index (χ0) is 26.9. The molecule has 36 heavy (non-hydrogen) atoms. The molecule has 4 N–H and O–H groups in total. The molecule has 0 aliphatic heterocycles. The van der Waals surface area contributed by atoms with Crippen LogP contribution in [-0.4, -0.2) is 82.0 Å². The van der Waals surface area contributed by atoms with E-state index in [1.165, 1.54) is 31.1 Å². The van der Waals surface area contributed by atoms with Crippen molar-refractivity contribution in [1.82, 2.24) is 4.90 Å². The van der Waals surface area contributed by atoms with Gasteiger partial charge in [0.05, 0.1) is 23.4 Å². The molecule has 1 amide bonds. The Morgan fingerprint density at radius 3 is 2.36 bits per heavy atom. The molecule has 0 bridgehead atoms. The molecular weight excluding hydrogens is 472 g/mol. The second-order valence-corrected chi connectivity index (χ2v) is 9.72. The number of phenols is 1. The number of hydrogen-bond donors (Lipinski definition) is 3. The number of hydrogen-bond acceptors (Lipinski definition) is 10. The van der Waals surface area contributed by atoms with E-state index in [2.05, 4.69) is 6.58 Å². The standard InChI is InChI=1S/C25H26N2O9/c1-5-12(29)36-21-13-9(2)10-7-6-8-11(28)14(10)19(30)15(13)22(32)25(35)17(21)18(27(3)4)20(31)16(23(25)33)24(26)34/h5-9,13,15-18,21,28,35H,1H2,2-4H3,(H2,26,34)/t9-,13+,15?,16?,17+,18?,21-,25-/m0/s1. The molecule has 4 rings (SSSR count). The van der Waals surface area contributed by atoms with Gasteiger partial charge in [0.15, 0.2) is 34.7 Å². The number of carbonyl (C=O) groups is 6. The maximum Gasteiger partial charge on any atom is 0.330 e. The Kier molecular flexibility index (Phi) is 5.96. The van der Waals surface area contributed by atoms with Gasteiger partial charge in [-0.05, 0) is 31.6 Å². The number of benzene rings is 1. The molecule has 0 radical (unpaired) electrons. The Balaban J connectivity index is 2.03. The Hall–Kier alpha value is -3.70. The molecule has 3 aliphatic rings. The van der Waals surface area contributed by atoms with Gasteiger partial charge in [0.1, 0.15) is 11.9 Å². The number of phenolic OH excluding ortho intramolecular Hbond substituents is 1. The van der Waals surface area contributed by atoms with Crippen molar-refractivity contribution < 1.29 is 43.7 Å². The van der Waals surface area contributed by atoms with Gasteiger partial charge in [-0.3, -0.25) is 28.9 Å². The number of ether oxygens (including phenoxy) is 1. The van der Waals surface area contributed by atoms with Crippen molar-refractivity contribution in [2.24, 2.45) is 29.4 Å². The van der Waals surface area contributed by atoms with Crippen LogP contribution in [0.3, 0.4) is 0 Å². The summed E-state index contributed by atoms with van der Waals surface area (Å²) in [5.41, 5.74) is 2.50. The number of amides is 1. The normalized spacial score (nSPS) is 35.5. The summed E-state index contributed by atoms with van der Waals surface area (Å²) in [7, 11) is 2.87. The Morgan fingerprint density at radius 1 is 1.17 bits per heavy atom. The van der Waals surface area contributed by atoms with Crippen LogP contribution in [0.25, 0.3) is 0 Å². The number of ketones is 4. The molecule has 3 unspecified atom stereocenters. The molecule has 0 saturated heterocycles. The van der Waals surface area contributed by atoms with Crippen molar-refractivity contribution in [2.75, 3.05) is 14.1 Å². The lowest BCUT2D eigenvalue weighted by Gasteiger charge is -2.56. The molecule has 3 aliphatic carbocycles. The van der Waals surface area contributed by atoms with E-state index in [4.69, 9.17) is 10.5 Å². The van der Waals surface area contributed by atoms with Gasteiger partial charge in [0, 0.05) is 12.0 Å². The zero-order valence-electron chi connectivity index (χ0n) is 19.8. The third-order valence-corrected chi connectivity index (χ3v) is 7.74. The van der Waals surface area contributed by atoms with Crippen LogP contribution in [0.5, 0.6) is 5.75 Å². The third-order valence-electron chi connectivity index (χ3n) is 7.74.